The highest BCUT2D eigenvalue weighted by Gasteiger charge is 2.33. The van der Waals surface area contributed by atoms with Gasteiger partial charge < -0.3 is 18.9 Å². The molecular formula is C42H55F2N5O4. The highest BCUT2D eigenvalue weighted by atomic mass is 19.1. The van der Waals surface area contributed by atoms with Gasteiger partial charge in [0.05, 0.1) is 32.5 Å². The van der Waals surface area contributed by atoms with E-state index in [-0.39, 0.29) is 23.0 Å². The molecule has 11 heteroatoms. The average Bonchev–Trinajstić information content (AvgIpc) is 3.15. The molecule has 2 heterocycles. The number of alkyl halides is 1. The minimum absolute atomic E-state index is 0.0241. The van der Waals surface area contributed by atoms with E-state index in [4.69, 9.17) is 9.47 Å². The van der Waals surface area contributed by atoms with E-state index in [2.05, 4.69) is 23.6 Å². The average molecular weight is 732 g/mol. The highest BCUT2D eigenvalue weighted by molar-refractivity contribution is 5.97. The molecule has 0 radical (unpaired) electrons. The third-order valence-electron chi connectivity index (χ3n) is 10.7. The highest BCUT2D eigenvalue weighted by Crippen LogP contribution is 2.38. The second kappa shape index (κ2) is 17.5. The van der Waals surface area contributed by atoms with E-state index in [1.54, 1.807) is 50.6 Å². The van der Waals surface area contributed by atoms with E-state index in [0.717, 1.165) is 39.9 Å². The third kappa shape index (κ3) is 8.99. The molecule has 1 atom stereocenters. The van der Waals surface area contributed by atoms with Crippen LogP contribution in [0.4, 0.5) is 8.78 Å². The van der Waals surface area contributed by atoms with Gasteiger partial charge in [-0.1, -0.05) is 39.8 Å². The fraction of sp³-hybridized carbons (Fsp3) is 0.500. The topological polar surface area (TPSA) is 91.0 Å². The molecule has 1 amide bonds. The fourth-order valence-electron chi connectivity index (χ4n) is 7.13. The summed E-state index contributed by atoms with van der Waals surface area (Å²) in [5.74, 6) is 0.675. The van der Waals surface area contributed by atoms with Crippen LogP contribution in [0.2, 0.25) is 0 Å². The number of benzene rings is 2. The van der Waals surface area contributed by atoms with Crippen molar-refractivity contribution in [2.24, 2.45) is 12.5 Å². The van der Waals surface area contributed by atoms with Gasteiger partial charge in [0.2, 0.25) is 0 Å². The number of methoxy groups -OCH3 is 2. The molecule has 53 heavy (non-hydrogen) atoms. The molecule has 0 spiro atoms. The van der Waals surface area contributed by atoms with Gasteiger partial charge in [-0.15, -0.1) is 0 Å². The number of hydrogen-bond acceptors (Lipinski definition) is 7. The monoisotopic (exact) mass is 731 g/mol. The molecule has 0 saturated carbocycles. The van der Waals surface area contributed by atoms with Crippen molar-refractivity contribution in [3.8, 4) is 28.7 Å². The van der Waals surface area contributed by atoms with Crippen LogP contribution in [-0.4, -0.2) is 78.8 Å². The number of carbonyl (C=O) groups excluding carboxylic acids is 1. The lowest BCUT2D eigenvalue weighted by Crippen LogP contribution is -2.41. The van der Waals surface area contributed by atoms with Crippen LogP contribution in [0.25, 0.3) is 11.1 Å². The zero-order chi connectivity index (χ0) is 39.2. The molecule has 0 N–H and O–H groups in total. The molecule has 1 aliphatic rings. The second-order valence-electron chi connectivity index (χ2n) is 14.6. The molecule has 1 aromatic heterocycles. The summed E-state index contributed by atoms with van der Waals surface area (Å²) < 4.78 is 42.5. The van der Waals surface area contributed by atoms with Gasteiger partial charge in [0.25, 0.3) is 11.5 Å². The second-order valence-corrected chi connectivity index (χ2v) is 14.6. The molecule has 0 fully saturated rings. The van der Waals surface area contributed by atoms with Gasteiger partial charge in [0, 0.05) is 68.1 Å². The summed E-state index contributed by atoms with van der Waals surface area (Å²) in [6, 6.07) is 8.79. The maximum atomic E-state index is 15.6. The van der Waals surface area contributed by atoms with Gasteiger partial charge in [-0.3, -0.25) is 23.8 Å². The van der Waals surface area contributed by atoms with Crippen LogP contribution in [0, 0.1) is 36.4 Å². The van der Waals surface area contributed by atoms with Crippen molar-refractivity contribution in [1.82, 2.24) is 19.3 Å². The third-order valence-corrected chi connectivity index (χ3v) is 10.7. The smallest absolute Gasteiger partial charge is 0.264 e. The van der Waals surface area contributed by atoms with Crippen LogP contribution >= 0.6 is 0 Å². The van der Waals surface area contributed by atoms with E-state index >= 15 is 4.39 Å². The van der Waals surface area contributed by atoms with Crippen molar-refractivity contribution >= 4 is 5.91 Å². The molecule has 4 rings (SSSR count). The van der Waals surface area contributed by atoms with Crippen molar-refractivity contribution in [1.29, 1.82) is 5.26 Å². The van der Waals surface area contributed by atoms with Gasteiger partial charge in [-0.2, -0.15) is 5.26 Å². The van der Waals surface area contributed by atoms with Crippen LogP contribution in [0.3, 0.4) is 0 Å². The number of hydrogen-bond donors (Lipinski definition) is 0. The van der Waals surface area contributed by atoms with Crippen molar-refractivity contribution in [3.05, 3.63) is 91.7 Å². The summed E-state index contributed by atoms with van der Waals surface area (Å²) in [6.07, 6.45) is 3.71. The van der Waals surface area contributed by atoms with Crippen LogP contribution in [-0.2, 0) is 31.4 Å². The molecule has 0 bridgehead atoms. The predicted octanol–water partition coefficient (Wildman–Crippen LogP) is 7.06. The molecule has 0 aliphatic carbocycles. The van der Waals surface area contributed by atoms with E-state index < -0.39 is 18.0 Å². The number of likely N-dealkylation sites (N-methyl/N-ethyl adjacent to an activating group) is 2. The Bertz CT molecular complexity index is 1920. The number of aryl methyl sites for hydroxylation is 1. The Kier molecular flexibility index (Phi) is 13.6. The maximum absolute atomic E-state index is 15.6. The largest absolute Gasteiger partial charge is 0.496 e. The number of nitriles is 1. The molecule has 286 valence electrons. The Hall–Kier alpha value is -4.53. The zero-order valence-corrected chi connectivity index (χ0v) is 33.0. The number of nitrogens with zero attached hydrogens (tertiary/aromatic N) is 5. The SMILES string of the molecule is CCN(CCN(CC)Cc1c(F)ccc2c1CCN(C(=O)/C(C#N)=C/C(C)(C)CF)C2C)Cc1c(OC)cc(-c2cn(C)c(=O)c(C)c2C)cc1OC. The van der Waals surface area contributed by atoms with Crippen LogP contribution in [0.15, 0.2) is 46.9 Å². The van der Waals surface area contributed by atoms with E-state index in [1.165, 1.54) is 12.1 Å². The molecule has 0 saturated heterocycles. The minimum Gasteiger partial charge on any atom is -0.496 e. The van der Waals surface area contributed by atoms with Crippen molar-refractivity contribution in [3.63, 3.8) is 0 Å². The van der Waals surface area contributed by atoms with Crippen molar-refractivity contribution in [2.75, 3.05) is 53.6 Å². The Morgan fingerprint density at radius 1 is 1.04 bits per heavy atom. The van der Waals surface area contributed by atoms with Crippen molar-refractivity contribution in [2.45, 2.75) is 74.0 Å². The summed E-state index contributed by atoms with van der Waals surface area (Å²) in [6.45, 7) is 16.6. The summed E-state index contributed by atoms with van der Waals surface area (Å²) >= 11 is 0. The molecule has 9 nitrogen and oxygen atoms in total. The Morgan fingerprint density at radius 2 is 1.62 bits per heavy atom. The number of allylic oxidation sites excluding steroid dienone is 1. The van der Waals surface area contributed by atoms with Crippen LogP contribution in [0.5, 0.6) is 11.5 Å². The van der Waals surface area contributed by atoms with Crippen molar-refractivity contribution < 1.29 is 23.0 Å². The molecule has 2 aromatic carbocycles. The molecule has 1 aliphatic heterocycles. The number of amides is 1. The molecular weight excluding hydrogens is 676 g/mol. The number of halogens is 2. The first-order chi connectivity index (χ1) is 25.1. The lowest BCUT2D eigenvalue weighted by molar-refractivity contribution is -0.129. The van der Waals surface area contributed by atoms with Gasteiger partial charge in [0.15, 0.2) is 0 Å². The number of rotatable bonds is 15. The van der Waals surface area contributed by atoms with Gasteiger partial charge >= 0.3 is 0 Å². The summed E-state index contributed by atoms with van der Waals surface area (Å²) in [7, 11) is 5.04. The fourth-order valence-corrected chi connectivity index (χ4v) is 7.13. The normalized spacial score (nSPS) is 14.8. The van der Waals surface area contributed by atoms with Gasteiger partial charge in [0.1, 0.15) is 29.0 Å². The molecule has 3 aromatic rings. The lowest BCUT2D eigenvalue weighted by atomic mass is 9.88. The number of aromatic nitrogens is 1. The van der Waals surface area contributed by atoms with Crippen LogP contribution in [0.1, 0.15) is 74.0 Å². The standard InChI is InChI=1S/C42H55F2N5O4/c1-11-47(24-35-33-15-16-49(29(5)32(33)13-14-37(35)44)41(51)31(22-45)21-42(6,7)26-43)17-18-48(12-2)25-36-38(52-9)19-30(20-39(36)53-10)34-23-46(8)40(50)28(4)27(34)3/h13-14,19-21,23,29H,11-12,15-18,24-26H2,1-10H3/b31-21+. The lowest BCUT2D eigenvalue weighted by Gasteiger charge is -2.37. The quantitative estimate of drug-likeness (QED) is 0.122. The van der Waals surface area contributed by atoms with Gasteiger partial charge in [-0.05, 0) is 80.7 Å². The van der Waals surface area contributed by atoms with Crippen LogP contribution < -0.4 is 15.0 Å². The Labute approximate surface area is 313 Å². The number of ether oxygens (including phenoxy) is 2. The minimum atomic E-state index is -0.933. The zero-order valence-electron chi connectivity index (χ0n) is 33.0. The predicted molar refractivity (Wildman–Crippen MR) is 205 cm³/mol. The first kappa shape index (κ1) is 41.2. The number of pyridine rings is 1. The molecule has 1 unspecified atom stereocenters. The Balaban J connectivity index is 1.53. The van der Waals surface area contributed by atoms with E-state index in [9.17, 15) is 19.2 Å². The summed E-state index contributed by atoms with van der Waals surface area (Å²) in [4.78, 5) is 32.1. The maximum Gasteiger partial charge on any atom is 0.264 e. The summed E-state index contributed by atoms with van der Waals surface area (Å²) in [5.41, 5.74) is 5.72. The first-order valence-corrected chi connectivity index (χ1v) is 18.3. The van der Waals surface area contributed by atoms with Gasteiger partial charge in [-0.25, -0.2) is 4.39 Å². The number of fused-ring (bicyclic) bond motifs is 1. The van der Waals surface area contributed by atoms with E-state index in [0.29, 0.717) is 68.3 Å². The summed E-state index contributed by atoms with van der Waals surface area (Å²) in [5, 5.41) is 9.74. The first-order valence-electron chi connectivity index (χ1n) is 18.3. The number of carbonyl (C=O) groups is 1. The van der Waals surface area contributed by atoms with E-state index in [1.807, 2.05) is 45.2 Å². The Morgan fingerprint density at radius 3 is 2.15 bits per heavy atom.